The number of rotatable bonds is 6. The molecule has 0 saturated carbocycles. The van der Waals surface area contributed by atoms with Gasteiger partial charge in [0.2, 0.25) is 5.91 Å². The Morgan fingerprint density at radius 2 is 2.04 bits per heavy atom. The summed E-state index contributed by atoms with van der Waals surface area (Å²) in [6.45, 7) is 5.01. The number of benzene rings is 1. The molecule has 124 valence electrons. The van der Waals surface area contributed by atoms with Crippen molar-refractivity contribution < 1.29 is 14.3 Å². The molecular weight excluding hydrogens is 292 g/mol. The van der Waals surface area contributed by atoms with E-state index in [-0.39, 0.29) is 12.5 Å². The first-order valence-corrected chi connectivity index (χ1v) is 7.97. The van der Waals surface area contributed by atoms with Crippen molar-refractivity contribution in [2.24, 2.45) is 11.7 Å². The van der Waals surface area contributed by atoms with Crippen LogP contribution in [-0.2, 0) is 9.59 Å². The zero-order valence-corrected chi connectivity index (χ0v) is 13.7. The van der Waals surface area contributed by atoms with E-state index in [1.165, 1.54) is 0 Å². The van der Waals surface area contributed by atoms with Gasteiger partial charge in [-0.05, 0) is 42.5 Å². The molecule has 1 fully saturated rings. The van der Waals surface area contributed by atoms with Gasteiger partial charge in [-0.3, -0.25) is 9.59 Å². The summed E-state index contributed by atoms with van der Waals surface area (Å²) in [5.74, 6) is 0.614. The fourth-order valence-corrected chi connectivity index (χ4v) is 2.85. The zero-order chi connectivity index (χ0) is 16.8. The maximum absolute atomic E-state index is 12.3. The summed E-state index contributed by atoms with van der Waals surface area (Å²) in [6.07, 6.45) is 5.59. The molecule has 1 aromatic rings. The lowest BCUT2D eigenvalue weighted by molar-refractivity contribution is -0.127. The van der Waals surface area contributed by atoms with Crippen LogP contribution in [0.15, 0.2) is 30.3 Å². The zero-order valence-electron chi connectivity index (χ0n) is 13.7. The van der Waals surface area contributed by atoms with Gasteiger partial charge in [0.25, 0.3) is 5.91 Å². The molecule has 5 nitrogen and oxygen atoms in total. The molecule has 0 spiro atoms. The fraction of sp³-hybridized carbons (Fsp3) is 0.444. The van der Waals surface area contributed by atoms with Crippen LogP contribution in [-0.4, -0.2) is 35.9 Å². The highest BCUT2D eigenvalue weighted by molar-refractivity contribution is 5.92. The van der Waals surface area contributed by atoms with Gasteiger partial charge in [0, 0.05) is 18.7 Å². The molecule has 1 aliphatic rings. The Morgan fingerprint density at radius 3 is 2.65 bits per heavy atom. The molecule has 1 aliphatic heterocycles. The summed E-state index contributed by atoms with van der Waals surface area (Å²) in [6, 6.07) is 7.52. The van der Waals surface area contributed by atoms with E-state index < -0.39 is 5.91 Å². The minimum Gasteiger partial charge on any atom is -0.484 e. The van der Waals surface area contributed by atoms with Crippen molar-refractivity contribution in [3.63, 3.8) is 0 Å². The highest BCUT2D eigenvalue weighted by Crippen LogP contribution is 2.24. The number of nitrogens with two attached hydrogens (primary N) is 1. The molecule has 0 aliphatic carbocycles. The van der Waals surface area contributed by atoms with Crippen LogP contribution >= 0.6 is 0 Å². The molecule has 1 saturated heterocycles. The topological polar surface area (TPSA) is 72.6 Å². The van der Waals surface area contributed by atoms with Gasteiger partial charge in [-0.2, -0.15) is 0 Å². The standard InChI is InChI=1S/C18H24N2O3/c1-13(2)16-4-3-11-20(16)18(22)10-7-14-5-8-15(9-6-14)23-12-17(19)21/h5-10,13,16H,3-4,11-12H2,1-2H3,(H2,19,21)/b10-7+. The van der Waals surface area contributed by atoms with Crippen molar-refractivity contribution in [3.05, 3.63) is 35.9 Å². The van der Waals surface area contributed by atoms with Gasteiger partial charge in [-0.15, -0.1) is 0 Å². The Balaban J connectivity index is 1.94. The van der Waals surface area contributed by atoms with Crippen LogP contribution in [0.1, 0.15) is 32.3 Å². The van der Waals surface area contributed by atoms with Crippen molar-refractivity contribution in [2.45, 2.75) is 32.7 Å². The summed E-state index contributed by atoms with van der Waals surface area (Å²) in [7, 11) is 0. The third kappa shape index (κ3) is 4.84. The molecule has 1 aromatic carbocycles. The third-order valence-corrected chi connectivity index (χ3v) is 4.03. The lowest BCUT2D eigenvalue weighted by Gasteiger charge is -2.26. The van der Waals surface area contributed by atoms with Crippen molar-refractivity contribution in [1.29, 1.82) is 0 Å². The first kappa shape index (κ1) is 17.1. The van der Waals surface area contributed by atoms with Crippen LogP contribution in [0.5, 0.6) is 5.75 Å². The van der Waals surface area contributed by atoms with E-state index in [2.05, 4.69) is 13.8 Å². The van der Waals surface area contributed by atoms with Gasteiger partial charge in [0.05, 0.1) is 0 Å². The molecule has 2 rings (SSSR count). The molecule has 23 heavy (non-hydrogen) atoms. The van der Waals surface area contributed by atoms with Gasteiger partial charge in [0.1, 0.15) is 5.75 Å². The first-order chi connectivity index (χ1) is 11.0. The predicted molar refractivity (Wildman–Crippen MR) is 89.7 cm³/mol. The number of ether oxygens (including phenoxy) is 1. The molecule has 2 N–H and O–H groups in total. The number of amides is 2. The van der Waals surface area contributed by atoms with Crippen molar-refractivity contribution >= 4 is 17.9 Å². The van der Waals surface area contributed by atoms with Crippen LogP contribution in [0.2, 0.25) is 0 Å². The minimum atomic E-state index is -0.509. The second-order valence-corrected chi connectivity index (χ2v) is 6.14. The molecule has 1 heterocycles. The maximum atomic E-state index is 12.3. The van der Waals surface area contributed by atoms with E-state index in [4.69, 9.17) is 10.5 Å². The first-order valence-electron chi connectivity index (χ1n) is 7.97. The Kier molecular flexibility index (Phi) is 5.79. The Bertz CT molecular complexity index is 578. The molecular formula is C18H24N2O3. The number of nitrogens with zero attached hydrogens (tertiary/aromatic N) is 1. The average Bonchev–Trinajstić information content (AvgIpc) is 3.01. The predicted octanol–water partition coefficient (Wildman–Crippen LogP) is 2.21. The number of primary amides is 1. The fourth-order valence-electron chi connectivity index (χ4n) is 2.85. The normalized spacial score (nSPS) is 17.9. The minimum absolute atomic E-state index is 0.0651. The van der Waals surface area contributed by atoms with E-state index in [0.717, 1.165) is 24.9 Å². The Hall–Kier alpha value is -2.30. The molecule has 0 bridgehead atoms. The van der Waals surface area contributed by atoms with Crippen LogP contribution in [0, 0.1) is 5.92 Å². The highest BCUT2D eigenvalue weighted by Gasteiger charge is 2.29. The summed E-state index contributed by atoms with van der Waals surface area (Å²) >= 11 is 0. The largest absolute Gasteiger partial charge is 0.484 e. The number of hydrogen-bond donors (Lipinski definition) is 1. The second kappa shape index (κ2) is 7.81. The quantitative estimate of drug-likeness (QED) is 0.818. The van der Waals surface area contributed by atoms with Gasteiger partial charge < -0.3 is 15.4 Å². The van der Waals surface area contributed by atoms with Crippen LogP contribution < -0.4 is 10.5 Å². The van der Waals surface area contributed by atoms with Gasteiger partial charge in [-0.1, -0.05) is 26.0 Å². The molecule has 2 amide bonds. The van der Waals surface area contributed by atoms with Crippen molar-refractivity contribution in [2.75, 3.05) is 13.2 Å². The molecule has 1 unspecified atom stereocenters. The summed E-state index contributed by atoms with van der Waals surface area (Å²) in [5, 5.41) is 0. The van der Waals surface area contributed by atoms with Gasteiger partial charge in [0.15, 0.2) is 6.61 Å². The van der Waals surface area contributed by atoms with E-state index in [1.807, 2.05) is 17.0 Å². The van der Waals surface area contributed by atoms with Crippen molar-refractivity contribution in [3.8, 4) is 5.75 Å². The SMILES string of the molecule is CC(C)C1CCCN1C(=O)/C=C/c1ccc(OCC(N)=O)cc1. The molecule has 5 heteroatoms. The van der Waals surface area contributed by atoms with Crippen LogP contribution in [0.3, 0.4) is 0 Å². The Morgan fingerprint density at radius 1 is 1.35 bits per heavy atom. The van der Waals surface area contributed by atoms with E-state index in [9.17, 15) is 9.59 Å². The lowest BCUT2D eigenvalue weighted by Crippen LogP contribution is -2.37. The van der Waals surface area contributed by atoms with Crippen LogP contribution in [0.4, 0.5) is 0 Å². The van der Waals surface area contributed by atoms with Crippen LogP contribution in [0.25, 0.3) is 6.08 Å². The lowest BCUT2D eigenvalue weighted by atomic mass is 10.0. The summed E-state index contributed by atoms with van der Waals surface area (Å²) < 4.78 is 5.20. The molecule has 0 aromatic heterocycles. The maximum Gasteiger partial charge on any atom is 0.255 e. The molecule has 0 radical (unpaired) electrons. The van der Waals surface area contributed by atoms with Crippen molar-refractivity contribution in [1.82, 2.24) is 4.90 Å². The summed E-state index contributed by atoms with van der Waals surface area (Å²) in [5.41, 5.74) is 5.93. The van der Waals surface area contributed by atoms with E-state index in [0.29, 0.717) is 17.7 Å². The smallest absolute Gasteiger partial charge is 0.255 e. The number of hydrogen-bond acceptors (Lipinski definition) is 3. The Labute approximate surface area is 137 Å². The highest BCUT2D eigenvalue weighted by atomic mass is 16.5. The third-order valence-electron chi connectivity index (χ3n) is 4.03. The number of carbonyl (C=O) groups excluding carboxylic acids is 2. The average molecular weight is 316 g/mol. The number of likely N-dealkylation sites (tertiary alicyclic amines) is 1. The second-order valence-electron chi connectivity index (χ2n) is 6.14. The van der Waals surface area contributed by atoms with E-state index in [1.54, 1.807) is 24.3 Å². The van der Waals surface area contributed by atoms with Gasteiger partial charge >= 0.3 is 0 Å². The molecule has 1 atom stereocenters. The summed E-state index contributed by atoms with van der Waals surface area (Å²) in [4.78, 5) is 25.0. The van der Waals surface area contributed by atoms with E-state index >= 15 is 0 Å². The monoisotopic (exact) mass is 316 g/mol. The van der Waals surface area contributed by atoms with Gasteiger partial charge in [-0.25, -0.2) is 0 Å². The number of carbonyl (C=O) groups is 2.